The highest BCUT2D eigenvalue weighted by atomic mass is 16.6. The van der Waals surface area contributed by atoms with E-state index in [9.17, 15) is 4.79 Å². The molecule has 1 saturated heterocycles. The predicted octanol–water partition coefficient (Wildman–Crippen LogP) is 1.72. The molecule has 1 aliphatic rings. The Labute approximate surface area is 86.2 Å². The van der Waals surface area contributed by atoms with Gasteiger partial charge in [-0.3, -0.25) is 4.79 Å². The van der Waals surface area contributed by atoms with Crippen molar-refractivity contribution in [2.75, 3.05) is 13.2 Å². The number of amides is 1. The van der Waals surface area contributed by atoms with Crippen molar-refractivity contribution in [3.05, 3.63) is 0 Å². The molecular formula is C11H21NO2. The van der Waals surface area contributed by atoms with E-state index in [1.807, 2.05) is 0 Å². The van der Waals surface area contributed by atoms with E-state index in [0.717, 1.165) is 32.3 Å². The van der Waals surface area contributed by atoms with Crippen LogP contribution in [0.3, 0.4) is 0 Å². The molecule has 1 aliphatic heterocycles. The summed E-state index contributed by atoms with van der Waals surface area (Å²) in [6, 6.07) is 0. The maximum atomic E-state index is 11.6. The number of hydrogen-bond acceptors (Lipinski definition) is 2. The molecule has 2 atom stereocenters. The van der Waals surface area contributed by atoms with Crippen molar-refractivity contribution < 1.29 is 9.53 Å². The number of carbonyl (C=O) groups excluding carboxylic acids is 1. The third kappa shape index (κ3) is 4.09. The topological polar surface area (TPSA) is 41.6 Å². The zero-order chi connectivity index (χ0) is 10.4. The molecule has 0 bridgehead atoms. The first-order chi connectivity index (χ1) is 6.77. The first-order valence-corrected chi connectivity index (χ1v) is 5.67. The Hall–Kier alpha value is -0.570. The number of ether oxygens (including phenoxy) is 1. The van der Waals surface area contributed by atoms with Gasteiger partial charge >= 0.3 is 0 Å². The summed E-state index contributed by atoms with van der Waals surface area (Å²) in [6.07, 6.45) is 4.56. The molecular weight excluding hydrogens is 178 g/mol. The van der Waals surface area contributed by atoms with Gasteiger partial charge in [-0.2, -0.15) is 0 Å². The zero-order valence-electron chi connectivity index (χ0n) is 9.21. The maximum absolute atomic E-state index is 11.6. The van der Waals surface area contributed by atoms with Crippen molar-refractivity contribution >= 4 is 5.91 Å². The van der Waals surface area contributed by atoms with Crippen LogP contribution in [0.2, 0.25) is 0 Å². The van der Waals surface area contributed by atoms with E-state index in [0.29, 0.717) is 12.6 Å². The highest BCUT2D eigenvalue weighted by molar-refractivity contribution is 5.78. The fourth-order valence-corrected chi connectivity index (χ4v) is 1.52. The van der Waals surface area contributed by atoms with Gasteiger partial charge in [0.05, 0.1) is 12.7 Å². The third-order valence-corrected chi connectivity index (χ3v) is 2.68. The Balaban J connectivity index is 2.15. The smallest absolute Gasteiger partial charge is 0.223 e. The van der Waals surface area contributed by atoms with Crippen molar-refractivity contribution in [2.24, 2.45) is 5.92 Å². The molecule has 0 aromatic rings. The third-order valence-electron chi connectivity index (χ3n) is 2.68. The number of carbonyl (C=O) groups is 1. The van der Waals surface area contributed by atoms with E-state index in [1.54, 1.807) is 0 Å². The van der Waals surface area contributed by atoms with Gasteiger partial charge in [0.1, 0.15) is 0 Å². The Bertz CT molecular complexity index is 178. The first kappa shape index (κ1) is 11.5. The minimum Gasteiger partial charge on any atom is -0.371 e. The molecule has 0 radical (unpaired) electrons. The molecule has 1 fully saturated rings. The molecule has 0 unspecified atom stereocenters. The highest BCUT2D eigenvalue weighted by Crippen LogP contribution is 2.13. The largest absolute Gasteiger partial charge is 0.371 e. The molecule has 1 N–H and O–H groups in total. The molecule has 0 aromatic carbocycles. The van der Waals surface area contributed by atoms with Gasteiger partial charge in [0.15, 0.2) is 0 Å². The van der Waals surface area contributed by atoms with Gasteiger partial charge in [-0.15, -0.1) is 0 Å². The van der Waals surface area contributed by atoms with Crippen LogP contribution in [0, 0.1) is 5.92 Å². The number of hydrogen-bond donors (Lipinski definition) is 1. The highest BCUT2D eigenvalue weighted by Gasteiger charge is 2.24. The lowest BCUT2D eigenvalue weighted by molar-refractivity contribution is -0.125. The molecule has 1 heterocycles. The zero-order valence-corrected chi connectivity index (χ0v) is 9.21. The van der Waals surface area contributed by atoms with Gasteiger partial charge in [-0.05, 0) is 12.8 Å². The Morgan fingerprint density at radius 3 is 2.79 bits per heavy atom. The minimum atomic E-state index is 0.202. The van der Waals surface area contributed by atoms with Gasteiger partial charge in [0.2, 0.25) is 5.91 Å². The fourth-order valence-electron chi connectivity index (χ4n) is 1.52. The van der Waals surface area contributed by atoms with Gasteiger partial charge < -0.3 is 10.1 Å². The number of unbranched alkanes of at least 4 members (excludes halogenated alkanes) is 1. The summed E-state index contributed by atoms with van der Waals surface area (Å²) in [4.78, 5) is 11.6. The van der Waals surface area contributed by atoms with Crippen molar-refractivity contribution in [3.8, 4) is 0 Å². The molecule has 14 heavy (non-hydrogen) atoms. The molecule has 82 valence electrons. The summed E-state index contributed by atoms with van der Waals surface area (Å²) in [5, 5.41) is 2.94. The van der Waals surface area contributed by atoms with E-state index in [1.165, 1.54) is 0 Å². The van der Waals surface area contributed by atoms with Crippen molar-refractivity contribution in [2.45, 2.75) is 45.6 Å². The lowest BCUT2D eigenvalue weighted by Crippen LogP contribution is -2.33. The van der Waals surface area contributed by atoms with Gasteiger partial charge in [0.25, 0.3) is 0 Å². The lowest BCUT2D eigenvalue weighted by atomic mass is 9.98. The van der Waals surface area contributed by atoms with Crippen LogP contribution in [-0.2, 0) is 9.53 Å². The second-order valence-corrected chi connectivity index (χ2v) is 3.95. The summed E-state index contributed by atoms with van der Waals surface area (Å²) in [5.74, 6) is 0.408. The molecule has 1 amide bonds. The van der Waals surface area contributed by atoms with Crippen LogP contribution in [0.4, 0.5) is 0 Å². The summed E-state index contributed by atoms with van der Waals surface area (Å²) < 4.78 is 5.04. The molecule has 0 aliphatic carbocycles. The van der Waals surface area contributed by atoms with Gasteiger partial charge in [0, 0.05) is 12.5 Å². The molecule has 1 rings (SSSR count). The van der Waals surface area contributed by atoms with E-state index < -0.39 is 0 Å². The van der Waals surface area contributed by atoms with Crippen LogP contribution >= 0.6 is 0 Å². The average Bonchev–Trinajstić information content (AvgIpc) is 2.99. The first-order valence-electron chi connectivity index (χ1n) is 5.67. The predicted molar refractivity (Wildman–Crippen MR) is 56.1 cm³/mol. The summed E-state index contributed by atoms with van der Waals surface area (Å²) in [5.41, 5.74) is 0. The minimum absolute atomic E-state index is 0.202. The van der Waals surface area contributed by atoms with Gasteiger partial charge in [-0.25, -0.2) is 0 Å². The summed E-state index contributed by atoms with van der Waals surface area (Å²) >= 11 is 0. The molecule has 3 nitrogen and oxygen atoms in total. The van der Waals surface area contributed by atoms with E-state index >= 15 is 0 Å². The van der Waals surface area contributed by atoms with E-state index in [2.05, 4.69) is 19.2 Å². The quantitative estimate of drug-likeness (QED) is 0.634. The maximum Gasteiger partial charge on any atom is 0.223 e. The average molecular weight is 199 g/mol. The van der Waals surface area contributed by atoms with Crippen LogP contribution in [-0.4, -0.2) is 25.2 Å². The molecule has 0 saturated carbocycles. The van der Waals surface area contributed by atoms with Crippen molar-refractivity contribution in [1.82, 2.24) is 5.32 Å². The molecule has 0 spiro atoms. The van der Waals surface area contributed by atoms with Gasteiger partial charge in [-0.1, -0.05) is 26.7 Å². The lowest BCUT2D eigenvalue weighted by Gasteiger charge is -2.13. The second-order valence-electron chi connectivity index (χ2n) is 3.95. The fraction of sp³-hybridized carbons (Fsp3) is 0.909. The summed E-state index contributed by atoms with van der Waals surface area (Å²) in [7, 11) is 0. The number of epoxide rings is 1. The Kier molecular flexibility index (Phi) is 4.94. The second kappa shape index (κ2) is 6.02. The Morgan fingerprint density at radius 2 is 2.29 bits per heavy atom. The standard InChI is InChI=1S/C11H21NO2/c1-3-5-6-9(4-2)11(13)12-7-10-8-14-10/h9-10H,3-8H2,1-2H3,(H,12,13)/t9-,10+/m1/s1. The van der Waals surface area contributed by atoms with Crippen LogP contribution in [0.1, 0.15) is 39.5 Å². The normalized spacial score (nSPS) is 21.7. The SMILES string of the molecule is CCCC[C@@H](CC)C(=O)NC[C@H]1CO1. The molecule has 0 aromatic heterocycles. The van der Waals surface area contributed by atoms with Crippen molar-refractivity contribution in [1.29, 1.82) is 0 Å². The monoisotopic (exact) mass is 199 g/mol. The van der Waals surface area contributed by atoms with Crippen LogP contribution in [0.25, 0.3) is 0 Å². The van der Waals surface area contributed by atoms with Crippen LogP contribution in [0.15, 0.2) is 0 Å². The van der Waals surface area contributed by atoms with Crippen molar-refractivity contribution in [3.63, 3.8) is 0 Å². The Morgan fingerprint density at radius 1 is 1.57 bits per heavy atom. The summed E-state index contributed by atoms with van der Waals surface area (Å²) in [6.45, 7) is 5.74. The number of nitrogens with one attached hydrogen (secondary N) is 1. The number of rotatable bonds is 7. The molecule has 3 heteroatoms. The van der Waals surface area contributed by atoms with E-state index in [4.69, 9.17) is 4.74 Å². The van der Waals surface area contributed by atoms with Crippen LogP contribution < -0.4 is 5.32 Å². The van der Waals surface area contributed by atoms with E-state index in [-0.39, 0.29) is 11.8 Å². The van der Waals surface area contributed by atoms with Crippen LogP contribution in [0.5, 0.6) is 0 Å².